The molecule has 5 rings (SSSR count). The largest absolute Gasteiger partial charge is 0.342 e. The van der Waals surface area contributed by atoms with E-state index in [-0.39, 0.29) is 30.9 Å². The molecule has 0 bridgehead atoms. The second-order valence-corrected chi connectivity index (χ2v) is 9.34. The highest BCUT2D eigenvalue weighted by Gasteiger charge is 2.40. The molecule has 1 aliphatic heterocycles. The van der Waals surface area contributed by atoms with Crippen LogP contribution in [0.2, 0.25) is 0 Å². The van der Waals surface area contributed by atoms with Crippen LogP contribution in [0.15, 0.2) is 65.6 Å². The molecular weight excluding hydrogens is 466 g/mol. The molecule has 2 aliphatic rings. The number of nitrogens with one attached hydrogen (secondary N) is 2. The van der Waals surface area contributed by atoms with Gasteiger partial charge in [0.1, 0.15) is 12.2 Å². The lowest BCUT2D eigenvalue weighted by Crippen LogP contribution is -2.47. The predicted octanol–water partition coefficient (Wildman–Crippen LogP) is 3.17. The van der Waals surface area contributed by atoms with E-state index in [9.17, 15) is 23.2 Å². The number of pyridine rings is 2. The summed E-state index contributed by atoms with van der Waals surface area (Å²) < 4.78 is 29.2. The number of hydrogen-bond donors (Lipinski definition) is 2. The summed E-state index contributed by atoms with van der Waals surface area (Å²) in [5, 5.41) is 2.87. The van der Waals surface area contributed by atoms with Gasteiger partial charge in [0.25, 0.3) is 5.56 Å². The molecule has 3 unspecified atom stereocenters. The van der Waals surface area contributed by atoms with Crippen LogP contribution in [0.3, 0.4) is 0 Å². The monoisotopic (exact) mass is 492 g/mol. The van der Waals surface area contributed by atoms with Gasteiger partial charge in [0, 0.05) is 23.7 Å². The first-order valence-electron chi connectivity index (χ1n) is 12.0. The zero-order chi connectivity index (χ0) is 25.2. The predicted molar refractivity (Wildman–Crippen MR) is 128 cm³/mol. The number of carbonyl (C=O) groups is 2. The molecule has 2 amide bonds. The normalized spacial score (nSPS) is 20.2. The lowest BCUT2D eigenvalue weighted by Gasteiger charge is -2.26. The molecule has 1 aliphatic carbocycles. The third-order valence-corrected chi connectivity index (χ3v) is 6.75. The van der Waals surface area contributed by atoms with E-state index in [1.165, 1.54) is 17.2 Å². The van der Waals surface area contributed by atoms with Gasteiger partial charge >= 0.3 is 0 Å². The first-order chi connectivity index (χ1) is 17.4. The van der Waals surface area contributed by atoms with Crippen LogP contribution in [0.25, 0.3) is 0 Å². The average Bonchev–Trinajstić information content (AvgIpc) is 3.64. The maximum Gasteiger partial charge on any atom is 0.251 e. The van der Waals surface area contributed by atoms with Crippen LogP contribution in [0.1, 0.15) is 53.6 Å². The van der Waals surface area contributed by atoms with Crippen LogP contribution in [-0.4, -0.2) is 45.4 Å². The maximum absolute atomic E-state index is 14.8. The fourth-order valence-electron chi connectivity index (χ4n) is 4.70. The van der Waals surface area contributed by atoms with Crippen LogP contribution >= 0.6 is 0 Å². The van der Waals surface area contributed by atoms with E-state index in [0.717, 1.165) is 12.8 Å². The van der Waals surface area contributed by atoms with Crippen molar-refractivity contribution in [3.63, 3.8) is 0 Å². The Hall–Kier alpha value is -3.88. The number of benzene rings is 1. The van der Waals surface area contributed by atoms with Crippen molar-refractivity contribution < 1.29 is 18.4 Å². The van der Waals surface area contributed by atoms with Crippen LogP contribution in [0.5, 0.6) is 0 Å². The van der Waals surface area contributed by atoms with Gasteiger partial charge in [0.2, 0.25) is 17.8 Å². The van der Waals surface area contributed by atoms with Gasteiger partial charge in [-0.2, -0.15) is 4.39 Å². The molecule has 1 aromatic carbocycles. The molecule has 1 saturated carbocycles. The molecule has 7 nitrogen and oxygen atoms in total. The minimum Gasteiger partial charge on any atom is -0.342 e. The number of rotatable bonds is 7. The van der Waals surface area contributed by atoms with Crippen LogP contribution in [-0.2, 0) is 16.0 Å². The van der Waals surface area contributed by atoms with E-state index < -0.39 is 41.6 Å². The van der Waals surface area contributed by atoms with Crippen molar-refractivity contribution in [1.82, 2.24) is 20.2 Å². The Morgan fingerprint density at radius 3 is 2.58 bits per heavy atom. The fourth-order valence-corrected chi connectivity index (χ4v) is 4.70. The van der Waals surface area contributed by atoms with E-state index >= 15 is 0 Å². The number of alkyl halides is 1. The zero-order valence-electron chi connectivity index (χ0n) is 19.5. The number of amides is 2. The summed E-state index contributed by atoms with van der Waals surface area (Å²) in [7, 11) is 0. The third-order valence-electron chi connectivity index (χ3n) is 6.75. The van der Waals surface area contributed by atoms with Crippen molar-refractivity contribution in [2.45, 2.75) is 49.9 Å². The van der Waals surface area contributed by atoms with E-state index in [2.05, 4.69) is 15.3 Å². The Morgan fingerprint density at radius 1 is 1.11 bits per heavy atom. The molecule has 3 aromatic rings. The van der Waals surface area contributed by atoms with E-state index in [4.69, 9.17) is 0 Å². The number of hydrogen-bond acceptors (Lipinski definition) is 4. The smallest absolute Gasteiger partial charge is 0.251 e. The highest BCUT2D eigenvalue weighted by Crippen LogP contribution is 2.41. The molecule has 0 spiro atoms. The van der Waals surface area contributed by atoms with Gasteiger partial charge in [0.15, 0.2) is 0 Å². The molecule has 36 heavy (non-hydrogen) atoms. The average molecular weight is 493 g/mol. The number of aromatic amines is 1. The number of halogens is 2. The standard InChI is InChI=1S/C27H26F2N4O3/c28-19-14-22(33(15-19)23(34)13-18-7-4-12-30-26(18)35)27(36)32-24(17-5-2-1-3-6-17)21-11-10-20(16-8-9-16)25(29)31-21/h1-7,10-12,16,19,22,24H,8-9,13-15H2,(H,30,35)(H,32,36). The Labute approximate surface area is 206 Å². The number of likely N-dealkylation sites (tertiary alicyclic amines) is 1. The second kappa shape index (κ2) is 10.0. The van der Waals surface area contributed by atoms with E-state index in [0.29, 0.717) is 16.8 Å². The lowest BCUT2D eigenvalue weighted by atomic mass is 10.0. The summed E-state index contributed by atoms with van der Waals surface area (Å²) in [6, 6.07) is 13.7. The zero-order valence-corrected chi connectivity index (χ0v) is 19.5. The van der Waals surface area contributed by atoms with Crippen molar-refractivity contribution in [3.8, 4) is 0 Å². The summed E-state index contributed by atoms with van der Waals surface area (Å²) >= 11 is 0. The van der Waals surface area contributed by atoms with Gasteiger partial charge < -0.3 is 15.2 Å². The summed E-state index contributed by atoms with van der Waals surface area (Å²) in [4.78, 5) is 46.2. The Bertz CT molecular complexity index is 1330. The number of carbonyl (C=O) groups excluding carboxylic acids is 2. The maximum atomic E-state index is 14.8. The van der Waals surface area contributed by atoms with Crippen LogP contribution in [0.4, 0.5) is 8.78 Å². The molecule has 0 radical (unpaired) electrons. The van der Waals surface area contributed by atoms with Gasteiger partial charge in [0.05, 0.1) is 24.7 Å². The summed E-state index contributed by atoms with van der Waals surface area (Å²) in [6.07, 6.45) is 1.54. The van der Waals surface area contributed by atoms with Gasteiger partial charge in [-0.15, -0.1) is 0 Å². The van der Waals surface area contributed by atoms with E-state index in [1.54, 1.807) is 42.5 Å². The van der Waals surface area contributed by atoms with Gasteiger partial charge in [-0.05, 0) is 36.5 Å². The van der Waals surface area contributed by atoms with Crippen LogP contribution in [0, 0.1) is 5.95 Å². The Balaban J connectivity index is 1.39. The molecule has 2 N–H and O–H groups in total. The minimum atomic E-state index is -1.37. The van der Waals surface area contributed by atoms with Crippen molar-refractivity contribution >= 4 is 11.8 Å². The summed E-state index contributed by atoms with van der Waals surface area (Å²) in [5.41, 5.74) is 1.40. The fraction of sp³-hybridized carbons (Fsp3) is 0.333. The summed E-state index contributed by atoms with van der Waals surface area (Å²) in [6.45, 7) is -0.235. The first-order valence-corrected chi connectivity index (χ1v) is 12.0. The Kier molecular flexibility index (Phi) is 6.63. The van der Waals surface area contributed by atoms with Gasteiger partial charge in [-0.1, -0.05) is 42.5 Å². The highest BCUT2D eigenvalue weighted by molar-refractivity contribution is 5.89. The second-order valence-electron chi connectivity index (χ2n) is 9.34. The van der Waals surface area contributed by atoms with Crippen molar-refractivity contribution in [2.75, 3.05) is 6.54 Å². The Morgan fingerprint density at radius 2 is 1.89 bits per heavy atom. The molecular formula is C27H26F2N4O3. The molecule has 2 fully saturated rings. The minimum absolute atomic E-state index is 0.160. The SMILES string of the molecule is O=C(NC(c1ccccc1)c1ccc(C2CC2)c(F)n1)C1CC(F)CN1C(=O)Cc1ccc[nH]c1=O. The lowest BCUT2D eigenvalue weighted by molar-refractivity contribution is -0.138. The number of nitrogens with zero attached hydrogens (tertiary/aromatic N) is 2. The third kappa shape index (κ3) is 5.05. The molecule has 2 aromatic heterocycles. The van der Waals surface area contributed by atoms with Gasteiger partial charge in [-0.3, -0.25) is 14.4 Å². The first kappa shape index (κ1) is 23.8. The molecule has 9 heteroatoms. The molecule has 3 heterocycles. The number of H-pyrrole nitrogens is 1. The molecule has 1 saturated heterocycles. The van der Waals surface area contributed by atoms with Crippen LogP contribution < -0.4 is 10.9 Å². The molecule has 3 atom stereocenters. The highest BCUT2D eigenvalue weighted by atomic mass is 19.1. The topological polar surface area (TPSA) is 95.2 Å². The number of aromatic nitrogens is 2. The van der Waals surface area contributed by atoms with Crippen molar-refractivity contribution in [2.24, 2.45) is 0 Å². The molecule has 186 valence electrons. The van der Waals surface area contributed by atoms with Gasteiger partial charge in [-0.25, -0.2) is 9.37 Å². The van der Waals surface area contributed by atoms with Crippen molar-refractivity contribution in [3.05, 3.63) is 99.5 Å². The quantitative estimate of drug-likeness (QED) is 0.496. The van der Waals surface area contributed by atoms with Crippen molar-refractivity contribution in [1.29, 1.82) is 0 Å². The summed E-state index contributed by atoms with van der Waals surface area (Å²) in [5.74, 6) is -1.44. The van der Waals surface area contributed by atoms with E-state index in [1.807, 2.05) is 6.07 Å².